The van der Waals surface area contributed by atoms with Gasteiger partial charge in [0.05, 0.1) is 22.7 Å². The Morgan fingerprint density at radius 3 is 2.45 bits per heavy atom. The number of hydrogen-bond donors (Lipinski definition) is 2. The zero-order chi connectivity index (χ0) is 28.9. The van der Waals surface area contributed by atoms with Crippen LogP contribution in [-0.4, -0.2) is 37.4 Å². The summed E-state index contributed by atoms with van der Waals surface area (Å²) in [5, 5.41) is 12.7. The van der Waals surface area contributed by atoms with Gasteiger partial charge in [-0.3, -0.25) is 9.36 Å². The predicted octanol–water partition coefficient (Wildman–Crippen LogP) is 5.01. The number of hydrogen-bond acceptors (Lipinski definition) is 6. The fraction of sp³-hybridized carbons (Fsp3) is 0.467. The van der Waals surface area contributed by atoms with Crippen molar-refractivity contribution in [2.24, 2.45) is 7.05 Å². The van der Waals surface area contributed by atoms with Crippen molar-refractivity contribution in [1.29, 1.82) is 5.26 Å². The van der Waals surface area contributed by atoms with Gasteiger partial charge < -0.3 is 19.5 Å². The Hall–Kier alpha value is -3.84. The second-order valence-electron chi connectivity index (χ2n) is 11.5. The summed E-state index contributed by atoms with van der Waals surface area (Å²) in [5.74, 6) is -0.567. The number of carbonyl (C=O) groups is 2. The van der Waals surface area contributed by atoms with Crippen molar-refractivity contribution in [1.82, 2.24) is 14.9 Å². The van der Waals surface area contributed by atoms with Gasteiger partial charge in [-0.25, -0.2) is 9.59 Å². The molecule has 0 bridgehead atoms. The molecule has 1 aromatic heterocycles. The molecule has 0 aliphatic heterocycles. The third-order valence-corrected chi connectivity index (χ3v) is 8.24. The van der Waals surface area contributed by atoms with Gasteiger partial charge in [-0.05, 0) is 68.9 Å². The van der Waals surface area contributed by atoms with Crippen LogP contribution in [0.5, 0.6) is 0 Å². The number of amides is 2. The first-order valence-corrected chi connectivity index (χ1v) is 14.7. The Morgan fingerprint density at radius 2 is 1.80 bits per heavy atom. The Labute approximate surface area is 236 Å². The average molecular weight is 561 g/mol. The monoisotopic (exact) mass is 560 g/mol. The summed E-state index contributed by atoms with van der Waals surface area (Å²) >= 11 is 0. The van der Waals surface area contributed by atoms with E-state index >= 15 is 0 Å². The number of nitriles is 1. The molecule has 4 rings (SSSR count). The molecule has 1 aliphatic rings. The van der Waals surface area contributed by atoms with Gasteiger partial charge in [0.25, 0.3) is 0 Å². The maximum atomic E-state index is 12.9. The maximum absolute atomic E-state index is 12.9. The number of carbonyl (C=O) groups excluding carboxylic acids is 2. The maximum Gasteiger partial charge on any atom is 0.419 e. The van der Waals surface area contributed by atoms with Crippen LogP contribution < -0.4 is 16.1 Å². The molecule has 1 saturated carbocycles. The number of ether oxygens (including phenoxy) is 1. The fourth-order valence-corrected chi connectivity index (χ4v) is 5.94. The quantitative estimate of drug-likeness (QED) is 0.373. The highest BCUT2D eigenvalue weighted by Gasteiger charge is 2.37. The van der Waals surface area contributed by atoms with Crippen LogP contribution in [0.2, 0.25) is 5.54 Å². The summed E-state index contributed by atoms with van der Waals surface area (Å²) in [5.41, 5.74) is 2.59. The van der Waals surface area contributed by atoms with Crippen molar-refractivity contribution < 1.29 is 18.7 Å². The molecule has 0 saturated heterocycles. The number of aromatic nitrogens is 1. The molecular formula is C30H36N4O5Si. The molecular weight excluding hydrogens is 524 g/mol. The molecule has 3 aromatic rings. The zero-order valence-electron chi connectivity index (χ0n) is 23.5. The number of aryl methyl sites for hydroxylation is 1. The second-order valence-corrected chi connectivity index (χ2v) is 12.8. The molecule has 0 spiro atoms. The van der Waals surface area contributed by atoms with E-state index in [0.29, 0.717) is 12.0 Å². The Morgan fingerprint density at radius 1 is 1.12 bits per heavy atom. The van der Waals surface area contributed by atoms with E-state index in [4.69, 9.17) is 9.15 Å². The van der Waals surface area contributed by atoms with Gasteiger partial charge in [0.2, 0.25) is 5.91 Å². The van der Waals surface area contributed by atoms with Gasteiger partial charge in [0, 0.05) is 13.5 Å². The molecule has 1 atom stereocenters. The van der Waals surface area contributed by atoms with Crippen molar-refractivity contribution in [2.75, 3.05) is 0 Å². The number of oxazole rings is 1. The van der Waals surface area contributed by atoms with E-state index in [9.17, 15) is 19.6 Å². The first-order valence-electron chi connectivity index (χ1n) is 13.6. The lowest BCUT2D eigenvalue weighted by Crippen LogP contribution is -2.53. The molecule has 1 heterocycles. The molecule has 1 fully saturated rings. The van der Waals surface area contributed by atoms with Crippen molar-refractivity contribution in [2.45, 2.75) is 82.4 Å². The van der Waals surface area contributed by atoms with Gasteiger partial charge >= 0.3 is 11.8 Å². The van der Waals surface area contributed by atoms with E-state index in [1.54, 1.807) is 13.1 Å². The van der Waals surface area contributed by atoms with Crippen LogP contribution in [0, 0.1) is 11.3 Å². The third-order valence-electron chi connectivity index (χ3n) is 7.14. The molecule has 2 amide bonds. The van der Waals surface area contributed by atoms with E-state index < -0.39 is 23.0 Å². The molecule has 2 N–H and O–H groups in total. The standard InChI is InChI=1S/C30H36N4O5Si/c1-29(2,3)39-27(36)32-30(14-6-5-7-15-30)18-26(35)33-40-23(19-31)16-20-8-10-21(11-9-20)22-12-13-25-24(17-22)34(4)28(37)38-25/h8-13,17,23H,5-7,14-16,18H2,1-4H3,(H,32,36)(H,33,35)/t23-/m0/s1. The smallest absolute Gasteiger partial charge is 0.419 e. The summed E-state index contributed by atoms with van der Waals surface area (Å²) in [6.45, 7) is 5.44. The number of alkyl carbamates (subject to hydrolysis) is 1. The highest BCUT2D eigenvalue weighted by molar-refractivity contribution is 6.40. The summed E-state index contributed by atoms with van der Waals surface area (Å²) < 4.78 is 12.1. The van der Waals surface area contributed by atoms with Gasteiger partial charge in [-0.2, -0.15) is 5.26 Å². The van der Waals surface area contributed by atoms with Crippen LogP contribution in [0.4, 0.5) is 4.79 Å². The lowest BCUT2D eigenvalue weighted by Gasteiger charge is -2.38. The molecule has 1 aliphatic carbocycles. The molecule has 2 radical (unpaired) electrons. The van der Waals surface area contributed by atoms with Crippen molar-refractivity contribution in [3.63, 3.8) is 0 Å². The first kappa shape index (κ1) is 29.1. The van der Waals surface area contributed by atoms with Crippen molar-refractivity contribution >= 4 is 32.8 Å². The minimum absolute atomic E-state index is 0.0638. The average Bonchev–Trinajstić information content (AvgIpc) is 3.18. The van der Waals surface area contributed by atoms with Gasteiger partial charge in [-0.1, -0.05) is 49.6 Å². The van der Waals surface area contributed by atoms with Gasteiger partial charge in [-0.15, -0.1) is 0 Å². The summed E-state index contributed by atoms with van der Waals surface area (Å²) in [4.78, 5) is 40.2. The number of nitrogens with zero attached hydrogens (tertiary/aromatic N) is 2. The van der Waals surface area contributed by atoms with Crippen molar-refractivity contribution in [3.05, 3.63) is 58.6 Å². The van der Waals surface area contributed by atoms with Crippen LogP contribution in [0.3, 0.4) is 0 Å². The van der Waals surface area contributed by atoms with E-state index in [1.807, 2.05) is 57.2 Å². The van der Waals surface area contributed by atoms with Crippen LogP contribution in [0.15, 0.2) is 51.7 Å². The lowest BCUT2D eigenvalue weighted by molar-refractivity contribution is -0.121. The molecule has 210 valence electrons. The topological polar surface area (TPSA) is 126 Å². The van der Waals surface area contributed by atoms with E-state index in [0.717, 1.165) is 54.3 Å². The largest absolute Gasteiger partial charge is 0.444 e. The number of nitrogens with one attached hydrogen (secondary N) is 2. The highest BCUT2D eigenvalue weighted by Crippen LogP contribution is 2.32. The number of rotatable bonds is 8. The second kappa shape index (κ2) is 12.1. The minimum atomic E-state index is -0.626. The van der Waals surface area contributed by atoms with Crippen LogP contribution >= 0.6 is 0 Å². The van der Waals surface area contributed by atoms with Crippen LogP contribution in [0.25, 0.3) is 22.2 Å². The summed E-state index contributed by atoms with van der Waals surface area (Å²) in [7, 11) is 1.61. The third kappa shape index (κ3) is 7.42. The Balaban J connectivity index is 1.34. The molecule has 40 heavy (non-hydrogen) atoms. The lowest BCUT2D eigenvalue weighted by atomic mass is 9.79. The van der Waals surface area contributed by atoms with E-state index in [2.05, 4.69) is 16.4 Å². The normalized spacial score (nSPS) is 15.7. The van der Waals surface area contributed by atoms with E-state index in [-0.39, 0.29) is 27.6 Å². The molecule has 0 unspecified atom stereocenters. The molecule has 2 aromatic carbocycles. The summed E-state index contributed by atoms with van der Waals surface area (Å²) in [6, 6.07) is 15.9. The molecule has 9 nitrogen and oxygen atoms in total. The Bertz CT molecular complexity index is 1460. The number of fused-ring (bicyclic) bond motifs is 1. The Kier molecular flexibility index (Phi) is 8.84. The van der Waals surface area contributed by atoms with Gasteiger partial charge in [0.15, 0.2) is 15.3 Å². The predicted molar refractivity (Wildman–Crippen MR) is 154 cm³/mol. The molecule has 10 heteroatoms. The summed E-state index contributed by atoms with van der Waals surface area (Å²) in [6.07, 6.45) is 4.57. The first-order chi connectivity index (χ1) is 19.0. The van der Waals surface area contributed by atoms with E-state index in [1.165, 1.54) is 4.57 Å². The van der Waals surface area contributed by atoms with Crippen LogP contribution in [-0.2, 0) is 23.0 Å². The minimum Gasteiger partial charge on any atom is -0.444 e. The highest BCUT2D eigenvalue weighted by atomic mass is 28.2. The van der Waals surface area contributed by atoms with Crippen molar-refractivity contribution in [3.8, 4) is 17.2 Å². The fourth-order valence-electron chi connectivity index (χ4n) is 5.12. The zero-order valence-corrected chi connectivity index (χ0v) is 24.5. The van der Waals surface area contributed by atoms with Crippen LogP contribution in [0.1, 0.15) is 64.9 Å². The number of benzene rings is 2. The SMILES string of the molecule is Cn1c(=O)oc2ccc(-c3ccc(C[C@@H](C#N)[Si]NC(=O)CC4(NC(=O)OC(C)(C)C)CCCCC4)cc3)cc21. The van der Waals surface area contributed by atoms with Gasteiger partial charge in [0.1, 0.15) is 5.60 Å².